The summed E-state index contributed by atoms with van der Waals surface area (Å²) in [6.07, 6.45) is 3.12. The van der Waals surface area contributed by atoms with Crippen LogP contribution in [0.3, 0.4) is 0 Å². The van der Waals surface area contributed by atoms with Gasteiger partial charge in [0.1, 0.15) is 28.9 Å². The molecule has 4 rings (SSSR count). The van der Waals surface area contributed by atoms with E-state index in [1.807, 2.05) is 0 Å². The Morgan fingerprint density at radius 1 is 1.12 bits per heavy atom. The summed E-state index contributed by atoms with van der Waals surface area (Å²) in [7, 11) is 1.72. The van der Waals surface area contributed by atoms with Crippen molar-refractivity contribution >= 4 is 28.9 Å². The average Bonchev–Trinajstić information content (AvgIpc) is 3.17. The lowest BCUT2D eigenvalue weighted by atomic mass is 10.1. The number of nitrogens with one attached hydrogen (secondary N) is 2. The van der Waals surface area contributed by atoms with E-state index in [-0.39, 0.29) is 11.3 Å². The van der Waals surface area contributed by atoms with Gasteiger partial charge in [0.2, 0.25) is 0 Å². The molecule has 0 aliphatic rings. The van der Waals surface area contributed by atoms with Crippen LogP contribution in [0.25, 0.3) is 5.65 Å². The molecule has 2 amide bonds. The van der Waals surface area contributed by atoms with Crippen molar-refractivity contribution in [1.82, 2.24) is 14.6 Å². The van der Waals surface area contributed by atoms with Crippen LogP contribution in [0, 0.1) is 11.6 Å². The van der Waals surface area contributed by atoms with Gasteiger partial charge in [0.05, 0.1) is 12.2 Å². The number of phenols is 1. The lowest BCUT2D eigenvalue weighted by molar-refractivity contribution is 0.262. The van der Waals surface area contributed by atoms with Gasteiger partial charge in [-0.05, 0) is 55.5 Å². The van der Waals surface area contributed by atoms with E-state index >= 15 is 0 Å². The highest BCUT2D eigenvalue weighted by atomic mass is 19.1. The maximum Gasteiger partial charge on any atom is 0.323 e. The molecular formula is C22H20F2N6O2. The SMILES string of the molecule is C[C@H](c1cc(F)ccc1F)N(C)c1ccn2ncc(NC(=O)Nc3ccc(O)cc3)c2n1. The first-order valence-corrected chi connectivity index (χ1v) is 9.71. The van der Waals surface area contributed by atoms with E-state index in [0.29, 0.717) is 22.8 Å². The van der Waals surface area contributed by atoms with Gasteiger partial charge in [-0.1, -0.05) is 0 Å². The standard InChI is InChI=1S/C22H20F2N6O2/c1-13(17-11-14(23)3-8-18(17)24)29(2)20-9-10-30-21(28-20)19(12-25-30)27-22(32)26-15-4-6-16(31)7-5-15/h3-13,31H,1-2H3,(H2,26,27,32)/t13-/m1/s1. The van der Waals surface area contributed by atoms with Crippen molar-refractivity contribution in [3.63, 3.8) is 0 Å². The van der Waals surface area contributed by atoms with E-state index in [2.05, 4.69) is 20.7 Å². The van der Waals surface area contributed by atoms with Crippen LogP contribution in [-0.4, -0.2) is 32.8 Å². The molecule has 3 N–H and O–H groups in total. The van der Waals surface area contributed by atoms with Gasteiger partial charge in [-0.3, -0.25) is 0 Å². The van der Waals surface area contributed by atoms with Crippen LogP contribution in [0.5, 0.6) is 5.75 Å². The molecule has 0 saturated heterocycles. The van der Waals surface area contributed by atoms with E-state index in [4.69, 9.17) is 0 Å². The van der Waals surface area contributed by atoms with E-state index in [1.165, 1.54) is 22.8 Å². The van der Waals surface area contributed by atoms with Crippen LogP contribution in [0.4, 0.5) is 30.8 Å². The molecule has 2 aromatic heterocycles. The summed E-state index contributed by atoms with van der Waals surface area (Å²) in [6, 6.07) is 10.0. The van der Waals surface area contributed by atoms with Crippen molar-refractivity contribution < 1.29 is 18.7 Å². The van der Waals surface area contributed by atoms with Crippen LogP contribution >= 0.6 is 0 Å². The molecule has 164 valence electrons. The second-order valence-electron chi connectivity index (χ2n) is 7.19. The fraction of sp³-hybridized carbons (Fsp3) is 0.136. The predicted molar refractivity (Wildman–Crippen MR) is 117 cm³/mol. The number of hydrogen-bond donors (Lipinski definition) is 3. The van der Waals surface area contributed by atoms with E-state index < -0.39 is 23.7 Å². The summed E-state index contributed by atoms with van der Waals surface area (Å²) in [4.78, 5) is 18.6. The predicted octanol–water partition coefficient (Wildman–Crippen LogP) is 4.55. The largest absolute Gasteiger partial charge is 0.508 e. The number of phenolic OH excluding ortho intramolecular Hbond substituents is 1. The third-order valence-electron chi connectivity index (χ3n) is 5.08. The highest BCUT2D eigenvalue weighted by molar-refractivity contribution is 6.01. The lowest BCUT2D eigenvalue weighted by Crippen LogP contribution is -2.24. The van der Waals surface area contributed by atoms with Gasteiger partial charge in [0, 0.05) is 24.5 Å². The number of halogens is 2. The molecular weight excluding hydrogens is 418 g/mol. The Morgan fingerprint density at radius 2 is 1.88 bits per heavy atom. The minimum Gasteiger partial charge on any atom is -0.508 e. The van der Waals surface area contributed by atoms with Gasteiger partial charge >= 0.3 is 6.03 Å². The van der Waals surface area contributed by atoms with Crippen molar-refractivity contribution in [2.75, 3.05) is 22.6 Å². The molecule has 32 heavy (non-hydrogen) atoms. The molecule has 2 heterocycles. The zero-order valence-corrected chi connectivity index (χ0v) is 17.3. The number of rotatable bonds is 5. The normalized spacial score (nSPS) is 11.9. The number of aromatic nitrogens is 3. The van der Waals surface area contributed by atoms with Gasteiger partial charge in [-0.25, -0.2) is 23.1 Å². The monoisotopic (exact) mass is 438 g/mol. The zero-order valence-electron chi connectivity index (χ0n) is 17.3. The number of fused-ring (bicyclic) bond motifs is 1. The first kappa shape index (κ1) is 21.0. The maximum absolute atomic E-state index is 14.2. The summed E-state index contributed by atoms with van der Waals surface area (Å²) in [5.41, 5.74) is 1.44. The molecule has 4 aromatic rings. The summed E-state index contributed by atoms with van der Waals surface area (Å²) >= 11 is 0. The van der Waals surface area contributed by atoms with Crippen molar-refractivity contribution in [3.05, 3.63) is 78.1 Å². The number of urea groups is 1. The molecule has 0 aliphatic heterocycles. The Bertz CT molecular complexity index is 1280. The highest BCUT2D eigenvalue weighted by Gasteiger charge is 2.19. The maximum atomic E-state index is 14.2. The molecule has 1 atom stereocenters. The second-order valence-corrected chi connectivity index (χ2v) is 7.19. The molecule has 8 nitrogen and oxygen atoms in total. The number of hydrogen-bond acceptors (Lipinski definition) is 5. The van der Waals surface area contributed by atoms with Gasteiger partial charge in [0.15, 0.2) is 5.65 Å². The summed E-state index contributed by atoms with van der Waals surface area (Å²) in [5.74, 6) is -0.459. The minimum atomic E-state index is -0.521. The number of carbonyl (C=O) groups is 1. The number of nitrogens with zero attached hydrogens (tertiary/aromatic N) is 4. The van der Waals surface area contributed by atoms with E-state index in [1.54, 1.807) is 43.3 Å². The molecule has 10 heteroatoms. The highest BCUT2D eigenvalue weighted by Crippen LogP contribution is 2.27. The fourth-order valence-corrected chi connectivity index (χ4v) is 3.22. The molecule has 0 bridgehead atoms. The van der Waals surface area contributed by atoms with Crippen LogP contribution in [-0.2, 0) is 0 Å². The topological polar surface area (TPSA) is 94.8 Å². The Kier molecular flexibility index (Phi) is 5.59. The molecule has 0 spiro atoms. The quantitative estimate of drug-likeness (QED) is 0.397. The smallest absolute Gasteiger partial charge is 0.323 e. The molecule has 0 saturated carbocycles. The molecule has 2 aromatic carbocycles. The number of carbonyl (C=O) groups excluding carboxylic acids is 1. The summed E-state index contributed by atoms with van der Waals surface area (Å²) in [6.45, 7) is 1.74. The third-order valence-corrected chi connectivity index (χ3v) is 5.08. The molecule has 0 aliphatic carbocycles. The molecule has 0 radical (unpaired) electrons. The fourth-order valence-electron chi connectivity index (χ4n) is 3.22. The molecule has 0 unspecified atom stereocenters. The second kappa shape index (κ2) is 8.50. The van der Waals surface area contributed by atoms with E-state index in [9.17, 15) is 18.7 Å². The number of aromatic hydroxyl groups is 1. The van der Waals surface area contributed by atoms with Gasteiger partial charge < -0.3 is 20.6 Å². The Morgan fingerprint density at radius 3 is 2.62 bits per heavy atom. The van der Waals surface area contributed by atoms with Gasteiger partial charge in [-0.2, -0.15) is 5.10 Å². The minimum absolute atomic E-state index is 0.0896. The van der Waals surface area contributed by atoms with Crippen molar-refractivity contribution in [2.45, 2.75) is 13.0 Å². The summed E-state index contributed by atoms with van der Waals surface area (Å²) < 4.78 is 29.3. The third kappa shape index (κ3) is 4.29. The van der Waals surface area contributed by atoms with Crippen LogP contribution in [0.1, 0.15) is 18.5 Å². The summed E-state index contributed by atoms with van der Waals surface area (Å²) in [5, 5.41) is 18.8. The first-order chi connectivity index (χ1) is 15.3. The Hall–Kier alpha value is -4.21. The van der Waals surface area contributed by atoms with Crippen molar-refractivity contribution in [1.29, 1.82) is 0 Å². The number of benzene rings is 2. The zero-order chi connectivity index (χ0) is 22.8. The van der Waals surface area contributed by atoms with Gasteiger partial charge in [0.25, 0.3) is 0 Å². The van der Waals surface area contributed by atoms with Crippen molar-refractivity contribution in [2.24, 2.45) is 0 Å². The Balaban J connectivity index is 1.56. The molecule has 0 fully saturated rings. The first-order valence-electron chi connectivity index (χ1n) is 9.71. The van der Waals surface area contributed by atoms with E-state index in [0.717, 1.165) is 18.2 Å². The van der Waals surface area contributed by atoms with Crippen LogP contribution < -0.4 is 15.5 Å². The average molecular weight is 438 g/mol. The lowest BCUT2D eigenvalue weighted by Gasteiger charge is -2.26. The van der Waals surface area contributed by atoms with Gasteiger partial charge in [-0.15, -0.1) is 0 Å². The number of anilines is 3. The Labute approximate surface area is 182 Å². The van der Waals surface area contributed by atoms with Crippen LogP contribution in [0.2, 0.25) is 0 Å². The van der Waals surface area contributed by atoms with Crippen LogP contribution in [0.15, 0.2) is 60.9 Å². The van der Waals surface area contributed by atoms with Crippen molar-refractivity contribution in [3.8, 4) is 5.75 Å². The number of amides is 2.